The summed E-state index contributed by atoms with van der Waals surface area (Å²) in [6, 6.07) is 15.6. The van der Waals surface area contributed by atoms with Gasteiger partial charge in [0, 0.05) is 11.0 Å². The molecule has 0 fully saturated rings. The molecule has 0 bridgehead atoms. The van der Waals surface area contributed by atoms with E-state index in [1.807, 2.05) is 30.3 Å². The Morgan fingerprint density at radius 3 is 2.24 bits per heavy atom. The van der Waals surface area contributed by atoms with Gasteiger partial charge >= 0.3 is 0 Å². The molecule has 17 heavy (non-hydrogen) atoms. The molecule has 2 aromatic rings. The van der Waals surface area contributed by atoms with Gasteiger partial charge in [0.1, 0.15) is 4.90 Å². The predicted octanol–water partition coefficient (Wildman–Crippen LogP) is 3.39. The van der Waals surface area contributed by atoms with Crippen molar-refractivity contribution >= 4 is 16.4 Å². The van der Waals surface area contributed by atoms with Crippen molar-refractivity contribution in [3.05, 3.63) is 64.7 Å². The van der Waals surface area contributed by atoms with E-state index >= 15 is 0 Å². The fraction of sp³-hybridized carbons (Fsp3) is 0. The summed E-state index contributed by atoms with van der Waals surface area (Å²) in [4.78, 5) is 11.7. The topological polar surface area (TPSA) is 67.0 Å². The quantitative estimate of drug-likeness (QED) is 0.666. The van der Waals surface area contributed by atoms with E-state index in [2.05, 4.69) is 0 Å². The Labute approximate surface area is 101 Å². The summed E-state index contributed by atoms with van der Waals surface area (Å²) in [5.74, 6) is 0. The highest BCUT2D eigenvalue weighted by Crippen LogP contribution is 2.25. The number of nitrogens with one attached hydrogen (secondary N) is 1. The zero-order chi connectivity index (χ0) is 12.3. The molecule has 2 rings (SSSR count). The fourth-order valence-electron chi connectivity index (χ4n) is 1.46. The molecule has 4 nitrogen and oxygen atoms in total. The third kappa shape index (κ3) is 2.39. The number of nitrogens with zero attached hydrogens (tertiary/aromatic N) is 1. The van der Waals surface area contributed by atoms with Gasteiger partial charge in [0.15, 0.2) is 0 Å². The maximum absolute atomic E-state index is 10.9. The molecule has 2 aromatic carbocycles. The predicted molar refractivity (Wildman–Crippen MR) is 66.2 cm³/mol. The van der Waals surface area contributed by atoms with Crippen LogP contribution in [0.5, 0.6) is 0 Å². The normalized spacial score (nSPS) is 12.0. The summed E-state index contributed by atoms with van der Waals surface area (Å²) in [7, 11) is -1.02. The smallest absolute Gasteiger partial charge is 0.271 e. The second-order valence-corrected chi connectivity index (χ2v) is 4.87. The molecular weight excluding hydrogens is 236 g/mol. The van der Waals surface area contributed by atoms with E-state index in [1.54, 1.807) is 18.2 Å². The van der Waals surface area contributed by atoms with Crippen molar-refractivity contribution < 1.29 is 4.92 Å². The van der Waals surface area contributed by atoms with Crippen LogP contribution in [0.15, 0.2) is 64.4 Å². The number of benzene rings is 2. The molecule has 0 unspecified atom stereocenters. The van der Waals surface area contributed by atoms with Gasteiger partial charge in [0.05, 0.1) is 4.92 Å². The van der Waals surface area contributed by atoms with Crippen LogP contribution in [0.25, 0.3) is 0 Å². The molecule has 86 valence electrons. The fourth-order valence-corrected chi connectivity index (χ4v) is 2.71. The Hall–Kier alpha value is -2.01. The van der Waals surface area contributed by atoms with E-state index < -0.39 is 15.6 Å². The van der Waals surface area contributed by atoms with Gasteiger partial charge in [-0.3, -0.25) is 14.9 Å². The summed E-state index contributed by atoms with van der Waals surface area (Å²) in [6.07, 6.45) is 0. The van der Waals surface area contributed by atoms with Crippen molar-refractivity contribution in [2.75, 3.05) is 0 Å². The SMILES string of the molecule is N=[S@@](c1ccccc1)c1ccccc1[N+](=O)[O-]. The van der Waals surface area contributed by atoms with Gasteiger partial charge < -0.3 is 0 Å². The lowest BCUT2D eigenvalue weighted by Crippen LogP contribution is -1.97. The van der Waals surface area contributed by atoms with Crippen molar-refractivity contribution in [1.82, 2.24) is 0 Å². The molecule has 0 aliphatic rings. The van der Waals surface area contributed by atoms with Crippen molar-refractivity contribution in [2.24, 2.45) is 0 Å². The van der Waals surface area contributed by atoms with Crippen LogP contribution in [-0.2, 0) is 10.7 Å². The number of nitro benzene ring substituents is 1. The van der Waals surface area contributed by atoms with Gasteiger partial charge in [-0.25, -0.2) is 0 Å². The van der Waals surface area contributed by atoms with Crippen LogP contribution >= 0.6 is 0 Å². The number of nitro groups is 1. The highest BCUT2D eigenvalue weighted by molar-refractivity contribution is 7.86. The summed E-state index contributed by atoms with van der Waals surface area (Å²) >= 11 is 0. The molecule has 0 saturated heterocycles. The minimum absolute atomic E-state index is 0.00897. The third-order valence-electron chi connectivity index (χ3n) is 2.26. The van der Waals surface area contributed by atoms with Crippen LogP contribution in [0.4, 0.5) is 5.69 Å². The summed E-state index contributed by atoms with van der Waals surface area (Å²) in [5, 5.41) is 10.9. The van der Waals surface area contributed by atoms with Crippen LogP contribution in [0, 0.1) is 14.9 Å². The van der Waals surface area contributed by atoms with E-state index in [1.165, 1.54) is 6.07 Å². The Balaban J connectivity index is 2.48. The largest absolute Gasteiger partial charge is 0.284 e. The first kappa shape index (κ1) is 11.5. The molecule has 0 aromatic heterocycles. The van der Waals surface area contributed by atoms with E-state index in [9.17, 15) is 10.1 Å². The van der Waals surface area contributed by atoms with E-state index in [-0.39, 0.29) is 5.69 Å². The lowest BCUT2D eigenvalue weighted by Gasteiger charge is -2.05. The first-order chi connectivity index (χ1) is 8.20. The van der Waals surface area contributed by atoms with Gasteiger partial charge in [-0.2, -0.15) is 0 Å². The molecule has 1 N–H and O–H groups in total. The van der Waals surface area contributed by atoms with Crippen molar-refractivity contribution in [2.45, 2.75) is 9.79 Å². The van der Waals surface area contributed by atoms with Crippen molar-refractivity contribution in [3.63, 3.8) is 0 Å². The van der Waals surface area contributed by atoms with Gasteiger partial charge in [0.2, 0.25) is 0 Å². The third-order valence-corrected chi connectivity index (χ3v) is 3.79. The number of para-hydroxylation sites is 1. The van der Waals surface area contributed by atoms with Gasteiger partial charge in [-0.1, -0.05) is 30.3 Å². The summed E-state index contributed by atoms with van der Waals surface area (Å²) in [6.45, 7) is 0. The van der Waals surface area contributed by atoms with E-state index in [0.717, 1.165) is 4.90 Å². The molecule has 0 amide bonds. The second-order valence-electron chi connectivity index (χ2n) is 3.34. The standard InChI is InChI=1S/C12H10N2O2S/c13-17(10-6-2-1-3-7-10)12-9-5-4-8-11(12)14(15)16/h1-9,13H/t17-/m0/s1. The minimum atomic E-state index is -1.02. The molecule has 0 spiro atoms. The van der Waals surface area contributed by atoms with Gasteiger partial charge in [-0.15, -0.1) is 0 Å². The molecule has 0 heterocycles. The molecule has 0 radical (unpaired) electrons. The highest BCUT2D eigenvalue weighted by Gasteiger charge is 2.16. The van der Waals surface area contributed by atoms with Crippen LogP contribution in [-0.4, -0.2) is 4.92 Å². The minimum Gasteiger partial charge on any atom is -0.271 e. The lowest BCUT2D eigenvalue weighted by atomic mass is 10.3. The average molecular weight is 246 g/mol. The van der Waals surface area contributed by atoms with Gasteiger partial charge in [-0.05, 0) is 28.9 Å². The molecule has 0 aliphatic carbocycles. The van der Waals surface area contributed by atoms with Crippen LogP contribution in [0.1, 0.15) is 0 Å². The Morgan fingerprint density at radius 1 is 1.00 bits per heavy atom. The highest BCUT2D eigenvalue weighted by atomic mass is 32.2. The molecule has 5 heteroatoms. The first-order valence-corrected chi connectivity index (χ1v) is 6.16. The Kier molecular flexibility index (Phi) is 3.30. The van der Waals surface area contributed by atoms with Crippen LogP contribution < -0.4 is 0 Å². The van der Waals surface area contributed by atoms with Crippen molar-refractivity contribution in [3.8, 4) is 0 Å². The second kappa shape index (κ2) is 4.88. The molecule has 0 saturated carbocycles. The Morgan fingerprint density at radius 2 is 1.59 bits per heavy atom. The summed E-state index contributed by atoms with van der Waals surface area (Å²) in [5.41, 5.74) is 0.00897. The van der Waals surface area contributed by atoms with E-state index in [0.29, 0.717) is 4.90 Å². The lowest BCUT2D eigenvalue weighted by molar-refractivity contribution is -0.387. The van der Waals surface area contributed by atoms with Crippen LogP contribution in [0.3, 0.4) is 0 Å². The Bertz CT molecular complexity index is 570. The van der Waals surface area contributed by atoms with Crippen molar-refractivity contribution in [1.29, 1.82) is 4.78 Å². The number of rotatable bonds is 3. The maximum Gasteiger partial charge on any atom is 0.284 e. The molecular formula is C12H10N2O2S. The maximum atomic E-state index is 10.9. The zero-order valence-electron chi connectivity index (χ0n) is 8.87. The zero-order valence-corrected chi connectivity index (χ0v) is 9.68. The number of hydrogen-bond donors (Lipinski definition) is 1. The monoisotopic (exact) mass is 246 g/mol. The average Bonchev–Trinajstić information content (AvgIpc) is 2.39. The van der Waals surface area contributed by atoms with Gasteiger partial charge in [0.25, 0.3) is 5.69 Å². The summed E-state index contributed by atoms with van der Waals surface area (Å²) < 4.78 is 8.11. The first-order valence-electron chi connectivity index (χ1n) is 4.94. The van der Waals surface area contributed by atoms with E-state index in [4.69, 9.17) is 4.78 Å². The molecule has 0 aliphatic heterocycles. The van der Waals surface area contributed by atoms with Crippen LogP contribution in [0.2, 0.25) is 0 Å². The number of hydrogen-bond acceptors (Lipinski definition) is 3. The molecule has 1 atom stereocenters.